The highest BCUT2D eigenvalue weighted by molar-refractivity contribution is 4.97. The Kier molecular flexibility index (Phi) is 5.25. The quantitative estimate of drug-likeness (QED) is 0.664. The Morgan fingerprint density at radius 1 is 1.57 bits per heavy atom. The van der Waals surface area contributed by atoms with Gasteiger partial charge in [-0.2, -0.15) is 0 Å². The summed E-state index contributed by atoms with van der Waals surface area (Å²) in [4.78, 5) is 4.13. The third-order valence-electron chi connectivity index (χ3n) is 2.05. The molecule has 0 unspecified atom stereocenters. The molecule has 0 saturated heterocycles. The van der Waals surface area contributed by atoms with E-state index in [9.17, 15) is 0 Å². The lowest BCUT2D eigenvalue weighted by molar-refractivity contribution is 0.199. The number of aryl methyl sites for hydroxylation is 1. The van der Waals surface area contributed by atoms with Crippen LogP contribution in [-0.4, -0.2) is 29.8 Å². The molecule has 1 rings (SSSR count). The van der Waals surface area contributed by atoms with Crippen LogP contribution in [0.5, 0.6) is 0 Å². The monoisotopic (exact) mass is 197 g/mol. The minimum atomic E-state index is 0.752. The molecule has 0 aromatic carbocycles. The van der Waals surface area contributed by atoms with Crippen LogP contribution in [0.15, 0.2) is 12.5 Å². The van der Waals surface area contributed by atoms with Gasteiger partial charge in [-0.25, -0.2) is 4.98 Å². The fourth-order valence-corrected chi connectivity index (χ4v) is 1.33. The highest BCUT2D eigenvalue weighted by atomic mass is 16.5. The van der Waals surface area contributed by atoms with Crippen LogP contribution in [0.25, 0.3) is 0 Å². The third kappa shape index (κ3) is 3.47. The molecular weight excluding hydrogens is 178 g/mol. The highest BCUT2D eigenvalue weighted by Crippen LogP contribution is 1.99. The molecule has 0 atom stereocenters. The SMILES string of the molecule is CCCn1cncc1CNCCOC. The molecule has 0 saturated carbocycles. The first kappa shape index (κ1) is 11.2. The van der Waals surface area contributed by atoms with Gasteiger partial charge in [0.25, 0.3) is 0 Å². The van der Waals surface area contributed by atoms with E-state index < -0.39 is 0 Å². The molecule has 4 heteroatoms. The van der Waals surface area contributed by atoms with Gasteiger partial charge in [0.05, 0.1) is 18.6 Å². The second-order valence-corrected chi connectivity index (χ2v) is 3.25. The van der Waals surface area contributed by atoms with E-state index in [1.54, 1.807) is 7.11 Å². The normalized spacial score (nSPS) is 10.7. The van der Waals surface area contributed by atoms with Crippen molar-refractivity contribution >= 4 is 0 Å². The zero-order valence-corrected chi connectivity index (χ0v) is 8.99. The number of nitrogens with one attached hydrogen (secondary N) is 1. The van der Waals surface area contributed by atoms with Gasteiger partial charge < -0.3 is 14.6 Å². The Labute approximate surface area is 85.3 Å². The van der Waals surface area contributed by atoms with Crippen molar-refractivity contribution in [1.29, 1.82) is 0 Å². The summed E-state index contributed by atoms with van der Waals surface area (Å²) in [6, 6.07) is 0. The minimum Gasteiger partial charge on any atom is -0.383 e. The lowest BCUT2D eigenvalue weighted by Gasteiger charge is -2.07. The summed E-state index contributed by atoms with van der Waals surface area (Å²) in [5, 5.41) is 3.30. The molecule has 1 heterocycles. The van der Waals surface area contributed by atoms with Crippen LogP contribution in [0.2, 0.25) is 0 Å². The van der Waals surface area contributed by atoms with Crippen LogP contribution in [0.1, 0.15) is 19.0 Å². The highest BCUT2D eigenvalue weighted by Gasteiger charge is 1.99. The molecule has 0 aliphatic heterocycles. The lowest BCUT2D eigenvalue weighted by Crippen LogP contribution is -2.20. The molecule has 14 heavy (non-hydrogen) atoms. The Bertz CT molecular complexity index is 247. The van der Waals surface area contributed by atoms with E-state index in [4.69, 9.17) is 4.74 Å². The number of hydrogen-bond acceptors (Lipinski definition) is 3. The van der Waals surface area contributed by atoms with E-state index in [-0.39, 0.29) is 0 Å². The van der Waals surface area contributed by atoms with Crippen molar-refractivity contribution in [3.05, 3.63) is 18.2 Å². The van der Waals surface area contributed by atoms with Crippen molar-refractivity contribution in [3.8, 4) is 0 Å². The first-order valence-electron chi connectivity index (χ1n) is 5.07. The van der Waals surface area contributed by atoms with Gasteiger partial charge in [0.1, 0.15) is 0 Å². The Morgan fingerprint density at radius 2 is 2.43 bits per heavy atom. The van der Waals surface area contributed by atoms with Gasteiger partial charge in [-0.1, -0.05) is 6.92 Å². The van der Waals surface area contributed by atoms with Crippen molar-refractivity contribution in [1.82, 2.24) is 14.9 Å². The fraction of sp³-hybridized carbons (Fsp3) is 0.700. The van der Waals surface area contributed by atoms with Crippen LogP contribution in [0.4, 0.5) is 0 Å². The summed E-state index contributed by atoms with van der Waals surface area (Å²) in [5.74, 6) is 0. The number of rotatable bonds is 7. The summed E-state index contributed by atoms with van der Waals surface area (Å²) >= 11 is 0. The number of aromatic nitrogens is 2. The predicted octanol–water partition coefficient (Wildman–Crippen LogP) is 1.03. The molecule has 1 N–H and O–H groups in total. The maximum Gasteiger partial charge on any atom is 0.0948 e. The lowest BCUT2D eigenvalue weighted by atomic mass is 10.4. The van der Waals surface area contributed by atoms with Crippen LogP contribution in [0, 0.1) is 0 Å². The molecule has 0 amide bonds. The molecular formula is C10H19N3O. The van der Waals surface area contributed by atoms with Gasteiger partial charge in [0.2, 0.25) is 0 Å². The summed E-state index contributed by atoms with van der Waals surface area (Å²) in [5.41, 5.74) is 1.24. The fourth-order valence-electron chi connectivity index (χ4n) is 1.33. The largest absolute Gasteiger partial charge is 0.383 e. The van der Waals surface area contributed by atoms with Gasteiger partial charge in [-0.3, -0.25) is 0 Å². The van der Waals surface area contributed by atoms with E-state index in [1.165, 1.54) is 5.69 Å². The first-order chi connectivity index (χ1) is 6.88. The Hall–Kier alpha value is -0.870. The van der Waals surface area contributed by atoms with Gasteiger partial charge in [0, 0.05) is 32.9 Å². The van der Waals surface area contributed by atoms with Crippen LogP contribution in [0.3, 0.4) is 0 Å². The maximum absolute atomic E-state index is 4.95. The second kappa shape index (κ2) is 6.56. The Balaban J connectivity index is 2.30. The van der Waals surface area contributed by atoms with Crippen molar-refractivity contribution in [2.45, 2.75) is 26.4 Å². The third-order valence-corrected chi connectivity index (χ3v) is 2.05. The molecule has 0 spiro atoms. The van der Waals surface area contributed by atoms with E-state index in [2.05, 4.69) is 21.8 Å². The van der Waals surface area contributed by atoms with Gasteiger partial charge in [0.15, 0.2) is 0 Å². The van der Waals surface area contributed by atoms with Gasteiger partial charge >= 0.3 is 0 Å². The summed E-state index contributed by atoms with van der Waals surface area (Å²) in [7, 11) is 1.71. The number of methoxy groups -OCH3 is 1. The molecule has 0 aliphatic rings. The molecule has 0 aliphatic carbocycles. The van der Waals surface area contributed by atoms with Gasteiger partial charge in [-0.05, 0) is 6.42 Å². The van der Waals surface area contributed by atoms with Gasteiger partial charge in [-0.15, -0.1) is 0 Å². The van der Waals surface area contributed by atoms with Crippen LogP contribution < -0.4 is 5.32 Å². The van der Waals surface area contributed by atoms with Crippen molar-refractivity contribution in [2.75, 3.05) is 20.3 Å². The average molecular weight is 197 g/mol. The van der Waals surface area contributed by atoms with E-state index in [1.807, 2.05) is 12.5 Å². The van der Waals surface area contributed by atoms with E-state index in [0.29, 0.717) is 0 Å². The smallest absolute Gasteiger partial charge is 0.0948 e. The first-order valence-corrected chi connectivity index (χ1v) is 5.07. The predicted molar refractivity (Wildman–Crippen MR) is 56.1 cm³/mol. The molecule has 1 aromatic heterocycles. The standard InChI is InChI=1S/C10H19N3O/c1-3-5-13-9-12-8-10(13)7-11-4-6-14-2/h8-9,11H,3-7H2,1-2H3. The molecule has 0 fully saturated rings. The number of hydrogen-bond donors (Lipinski definition) is 1. The van der Waals surface area contributed by atoms with Crippen molar-refractivity contribution in [2.24, 2.45) is 0 Å². The topological polar surface area (TPSA) is 39.1 Å². The second-order valence-electron chi connectivity index (χ2n) is 3.25. The van der Waals surface area contributed by atoms with Crippen molar-refractivity contribution in [3.63, 3.8) is 0 Å². The summed E-state index contributed by atoms with van der Waals surface area (Å²) in [6.45, 7) is 5.71. The number of ether oxygens (including phenoxy) is 1. The van der Waals surface area contributed by atoms with E-state index >= 15 is 0 Å². The average Bonchev–Trinajstić information content (AvgIpc) is 2.61. The zero-order valence-electron chi connectivity index (χ0n) is 8.99. The van der Waals surface area contributed by atoms with Crippen LogP contribution >= 0.6 is 0 Å². The van der Waals surface area contributed by atoms with E-state index in [0.717, 1.165) is 32.7 Å². The number of imidazole rings is 1. The number of nitrogens with zero attached hydrogens (tertiary/aromatic N) is 2. The molecule has 4 nitrogen and oxygen atoms in total. The maximum atomic E-state index is 4.95. The zero-order chi connectivity index (χ0) is 10.2. The van der Waals surface area contributed by atoms with Crippen molar-refractivity contribution < 1.29 is 4.74 Å². The summed E-state index contributed by atoms with van der Waals surface area (Å²) < 4.78 is 7.13. The summed E-state index contributed by atoms with van der Waals surface area (Å²) in [6.07, 6.45) is 4.94. The Morgan fingerprint density at radius 3 is 3.14 bits per heavy atom. The molecule has 1 aromatic rings. The van der Waals surface area contributed by atoms with Crippen LogP contribution in [-0.2, 0) is 17.8 Å². The molecule has 0 radical (unpaired) electrons. The molecule has 0 bridgehead atoms. The minimum absolute atomic E-state index is 0.752. The molecule has 80 valence electrons.